The molecule has 1 heterocycles. The second kappa shape index (κ2) is 6.49. The summed E-state index contributed by atoms with van der Waals surface area (Å²) in [6.45, 7) is 0.0583. The SMILES string of the molecule is COC(=O)COc1ccc(CCN=O)cn1. The normalized spacial score (nSPS) is 9.56. The molecule has 0 aromatic carbocycles. The van der Waals surface area contributed by atoms with Crippen LogP contribution in [-0.4, -0.2) is 31.2 Å². The van der Waals surface area contributed by atoms with Crippen LogP contribution in [0.5, 0.6) is 5.88 Å². The second-order valence-corrected chi connectivity index (χ2v) is 2.97. The lowest BCUT2D eigenvalue weighted by Gasteiger charge is -2.04. The van der Waals surface area contributed by atoms with E-state index in [2.05, 4.69) is 14.9 Å². The van der Waals surface area contributed by atoms with Crippen molar-refractivity contribution in [3.63, 3.8) is 0 Å². The molecule has 0 radical (unpaired) electrons. The van der Waals surface area contributed by atoms with Crippen molar-refractivity contribution in [2.75, 3.05) is 20.3 Å². The molecule has 0 saturated carbocycles. The highest BCUT2D eigenvalue weighted by molar-refractivity contribution is 5.70. The molecule has 6 heteroatoms. The number of rotatable bonds is 6. The van der Waals surface area contributed by atoms with Crippen molar-refractivity contribution in [2.45, 2.75) is 6.42 Å². The van der Waals surface area contributed by atoms with Crippen LogP contribution in [0.1, 0.15) is 5.56 Å². The van der Waals surface area contributed by atoms with Crippen LogP contribution < -0.4 is 4.74 Å². The van der Waals surface area contributed by atoms with Crippen molar-refractivity contribution in [1.29, 1.82) is 0 Å². The zero-order valence-electron chi connectivity index (χ0n) is 8.88. The van der Waals surface area contributed by atoms with Crippen LogP contribution in [0.4, 0.5) is 0 Å². The van der Waals surface area contributed by atoms with Crippen molar-refractivity contribution >= 4 is 5.97 Å². The van der Waals surface area contributed by atoms with Gasteiger partial charge in [0.25, 0.3) is 0 Å². The Balaban J connectivity index is 2.44. The summed E-state index contributed by atoms with van der Waals surface area (Å²) in [5.41, 5.74) is 0.894. The number of methoxy groups -OCH3 is 1. The summed E-state index contributed by atoms with van der Waals surface area (Å²) in [7, 11) is 1.29. The van der Waals surface area contributed by atoms with Crippen molar-refractivity contribution in [3.8, 4) is 5.88 Å². The van der Waals surface area contributed by atoms with E-state index in [1.807, 2.05) is 0 Å². The van der Waals surface area contributed by atoms with Crippen LogP contribution in [-0.2, 0) is 16.0 Å². The van der Waals surface area contributed by atoms with Crippen LogP contribution in [0, 0.1) is 4.91 Å². The fraction of sp³-hybridized carbons (Fsp3) is 0.400. The van der Waals surface area contributed by atoms with Gasteiger partial charge in [0, 0.05) is 12.3 Å². The van der Waals surface area contributed by atoms with E-state index in [9.17, 15) is 9.70 Å². The summed E-state index contributed by atoms with van der Waals surface area (Å²) in [5.74, 6) is -0.121. The number of nitrogens with zero attached hydrogens (tertiary/aromatic N) is 2. The highest BCUT2D eigenvalue weighted by Gasteiger charge is 2.02. The Morgan fingerprint density at radius 1 is 1.50 bits per heavy atom. The van der Waals surface area contributed by atoms with Crippen molar-refractivity contribution < 1.29 is 14.3 Å². The van der Waals surface area contributed by atoms with Gasteiger partial charge in [0.15, 0.2) is 6.61 Å². The van der Waals surface area contributed by atoms with E-state index in [1.165, 1.54) is 7.11 Å². The van der Waals surface area contributed by atoms with E-state index in [0.29, 0.717) is 12.3 Å². The van der Waals surface area contributed by atoms with E-state index in [0.717, 1.165) is 5.56 Å². The molecule has 0 unspecified atom stereocenters. The van der Waals surface area contributed by atoms with Gasteiger partial charge in [-0.25, -0.2) is 9.78 Å². The molecule has 0 aliphatic carbocycles. The fourth-order valence-corrected chi connectivity index (χ4v) is 1.01. The number of hydrogen-bond donors (Lipinski definition) is 0. The lowest BCUT2D eigenvalue weighted by molar-refractivity contribution is -0.143. The third-order valence-electron chi connectivity index (χ3n) is 1.85. The Morgan fingerprint density at radius 3 is 2.88 bits per heavy atom. The predicted molar refractivity (Wildman–Crippen MR) is 56.1 cm³/mol. The van der Waals surface area contributed by atoms with Gasteiger partial charge in [-0.3, -0.25) is 0 Å². The zero-order valence-corrected chi connectivity index (χ0v) is 8.88. The summed E-state index contributed by atoms with van der Waals surface area (Å²) in [6, 6.07) is 3.40. The number of aromatic nitrogens is 1. The standard InChI is InChI=1S/C10H12N2O4/c1-15-10(13)7-16-9-3-2-8(6-11-9)4-5-12-14/h2-3,6H,4-5,7H2,1H3. The first-order valence-corrected chi connectivity index (χ1v) is 4.70. The molecule has 0 saturated heterocycles. The number of pyridine rings is 1. The number of hydrogen-bond acceptors (Lipinski definition) is 6. The molecule has 1 aromatic rings. The van der Waals surface area contributed by atoms with Crippen LogP contribution in [0.25, 0.3) is 0 Å². The van der Waals surface area contributed by atoms with Crippen LogP contribution in [0.2, 0.25) is 0 Å². The number of esters is 1. The van der Waals surface area contributed by atoms with Gasteiger partial charge in [-0.1, -0.05) is 11.2 Å². The molecular formula is C10H12N2O4. The second-order valence-electron chi connectivity index (χ2n) is 2.97. The minimum Gasteiger partial charge on any atom is -0.466 e. The minimum atomic E-state index is -0.462. The molecule has 0 atom stereocenters. The average Bonchev–Trinajstić information content (AvgIpc) is 2.34. The fourth-order valence-electron chi connectivity index (χ4n) is 1.01. The topological polar surface area (TPSA) is 77.9 Å². The van der Waals surface area contributed by atoms with E-state index in [1.54, 1.807) is 18.3 Å². The summed E-state index contributed by atoms with van der Waals surface area (Å²) in [4.78, 5) is 24.6. The number of carbonyl (C=O) groups is 1. The van der Waals surface area contributed by atoms with Gasteiger partial charge in [-0.15, -0.1) is 0 Å². The number of carbonyl (C=O) groups excluding carboxylic acids is 1. The van der Waals surface area contributed by atoms with Gasteiger partial charge in [-0.2, -0.15) is 4.91 Å². The molecule has 1 rings (SSSR count). The molecule has 1 aromatic heterocycles. The quantitative estimate of drug-likeness (QED) is 0.530. The molecule has 0 amide bonds. The van der Waals surface area contributed by atoms with Crippen LogP contribution in [0.15, 0.2) is 23.5 Å². The number of nitroso groups, excluding NO2 is 1. The molecule has 0 aliphatic heterocycles. The van der Waals surface area contributed by atoms with E-state index >= 15 is 0 Å². The third-order valence-corrected chi connectivity index (χ3v) is 1.85. The third kappa shape index (κ3) is 4.04. The smallest absolute Gasteiger partial charge is 0.343 e. The van der Waals surface area contributed by atoms with Gasteiger partial charge >= 0.3 is 5.97 Å². The first-order chi connectivity index (χ1) is 7.76. The van der Waals surface area contributed by atoms with Crippen LogP contribution in [0.3, 0.4) is 0 Å². The molecule has 16 heavy (non-hydrogen) atoms. The van der Waals surface area contributed by atoms with Gasteiger partial charge in [0.05, 0.1) is 13.7 Å². The summed E-state index contributed by atoms with van der Waals surface area (Å²) >= 11 is 0. The summed E-state index contributed by atoms with van der Waals surface area (Å²) < 4.78 is 9.46. The Morgan fingerprint density at radius 2 is 2.31 bits per heavy atom. The van der Waals surface area contributed by atoms with E-state index in [4.69, 9.17) is 4.74 Å². The Hall–Kier alpha value is -1.98. The van der Waals surface area contributed by atoms with Crippen molar-refractivity contribution in [1.82, 2.24) is 4.98 Å². The molecule has 86 valence electrons. The molecule has 0 fully saturated rings. The predicted octanol–water partition coefficient (Wildman–Crippen LogP) is 0.942. The lowest BCUT2D eigenvalue weighted by atomic mass is 10.2. The van der Waals surface area contributed by atoms with E-state index in [-0.39, 0.29) is 13.2 Å². The summed E-state index contributed by atoms with van der Waals surface area (Å²) in [6.07, 6.45) is 2.13. The number of ether oxygens (including phenoxy) is 2. The first-order valence-electron chi connectivity index (χ1n) is 4.70. The highest BCUT2D eigenvalue weighted by atomic mass is 16.6. The molecule has 0 N–H and O–H groups in total. The molecule has 0 spiro atoms. The molecule has 6 nitrogen and oxygen atoms in total. The maximum absolute atomic E-state index is 10.8. The Bertz CT molecular complexity index is 350. The molecule has 0 aliphatic rings. The first kappa shape index (κ1) is 12.1. The monoisotopic (exact) mass is 224 g/mol. The van der Waals surface area contributed by atoms with Crippen LogP contribution >= 0.6 is 0 Å². The maximum Gasteiger partial charge on any atom is 0.343 e. The van der Waals surface area contributed by atoms with Gasteiger partial charge in [0.2, 0.25) is 5.88 Å². The van der Waals surface area contributed by atoms with Gasteiger partial charge in [-0.05, 0) is 12.0 Å². The highest BCUT2D eigenvalue weighted by Crippen LogP contribution is 2.08. The van der Waals surface area contributed by atoms with Gasteiger partial charge < -0.3 is 9.47 Å². The average molecular weight is 224 g/mol. The zero-order chi connectivity index (χ0) is 11.8. The maximum atomic E-state index is 10.8. The van der Waals surface area contributed by atoms with Crippen molar-refractivity contribution in [3.05, 3.63) is 28.8 Å². The van der Waals surface area contributed by atoms with Crippen molar-refractivity contribution in [2.24, 2.45) is 5.18 Å². The summed E-state index contributed by atoms with van der Waals surface area (Å²) in [5, 5.41) is 2.75. The largest absolute Gasteiger partial charge is 0.466 e. The molecule has 0 bridgehead atoms. The Labute approximate surface area is 92.6 Å². The molecular weight excluding hydrogens is 212 g/mol. The Kier molecular flexibility index (Phi) is 4.91. The van der Waals surface area contributed by atoms with Gasteiger partial charge in [0.1, 0.15) is 0 Å². The van der Waals surface area contributed by atoms with E-state index < -0.39 is 5.97 Å². The lowest BCUT2D eigenvalue weighted by Crippen LogP contribution is -2.13. The minimum absolute atomic E-state index is 0.168.